The Morgan fingerprint density at radius 3 is 2.51 bits per heavy atom. The Bertz CT molecular complexity index is 1720. The normalized spacial score (nSPS) is 16.6. The van der Waals surface area contributed by atoms with Gasteiger partial charge in [0.15, 0.2) is 0 Å². The van der Waals surface area contributed by atoms with Crippen LogP contribution in [0.1, 0.15) is 47.2 Å². The summed E-state index contributed by atoms with van der Waals surface area (Å²) < 4.78 is 6.78. The number of aryl methyl sites for hydroxylation is 2. The maximum atomic E-state index is 12.9. The fourth-order valence-electron chi connectivity index (χ4n) is 5.42. The van der Waals surface area contributed by atoms with Crippen molar-refractivity contribution in [2.45, 2.75) is 51.3 Å². The number of methoxy groups -OCH3 is 1. The molecule has 2 atom stereocenters. The molecule has 2 unspecified atom stereocenters. The number of rotatable bonds is 8. The molecule has 11 heteroatoms. The first kappa shape index (κ1) is 30.7. The molecule has 1 saturated carbocycles. The van der Waals surface area contributed by atoms with Crippen LogP contribution in [0.5, 0.6) is 5.88 Å². The van der Waals surface area contributed by atoms with E-state index >= 15 is 0 Å². The molecule has 1 amide bonds. The molecule has 1 fully saturated rings. The summed E-state index contributed by atoms with van der Waals surface area (Å²) in [5.74, 6) is -0.111. The zero-order valence-electron chi connectivity index (χ0n) is 24.2. The molecule has 2 aromatic carbocycles. The van der Waals surface area contributed by atoms with Crippen molar-refractivity contribution in [1.29, 1.82) is 0 Å². The summed E-state index contributed by atoms with van der Waals surface area (Å²) in [6.45, 7) is 2.52. The second-order valence-corrected chi connectivity index (χ2v) is 11.4. The fraction of sp³-hybridized carbons (Fsp3) is 0.312. The van der Waals surface area contributed by atoms with E-state index in [1.54, 1.807) is 19.2 Å². The maximum absolute atomic E-state index is 12.9. The molecule has 3 N–H and O–H groups in total. The molecule has 0 radical (unpaired) electrons. The molecule has 1 aliphatic carbocycles. The monoisotopic (exact) mass is 621 g/mol. The van der Waals surface area contributed by atoms with Crippen molar-refractivity contribution < 1.29 is 14.6 Å². The number of ether oxygens (including phenoxy) is 1. The molecular formula is C32H33Cl2N5O4. The highest BCUT2D eigenvalue weighted by molar-refractivity contribution is 6.39. The summed E-state index contributed by atoms with van der Waals surface area (Å²) in [5, 5.41) is 21.1. The van der Waals surface area contributed by atoms with Gasteiger partial charge in [0.1, 0.15) is 5.56 Å². The molecule has 0 saturated heterocycles. The number of pyridine rings is 1. The van der Waals surface area contributed by atoms with Gasteiger partial charge in [0.05, 0.1) is 34.6 Å². The van der Waals surface area contributed by atoms with E-state index in [0.717, 1.165) is 41.5 Å². The summed E-state index contributed by atoms with van der Waals surface area (Å²) >= 11 is 13.8. The van der Waals surface area contributed by atoms with Crippen LogP contribution in [0.25, 0.3) is 22.4 Å². The van der Waals surface area contributed by atoms with Gasteiger partial charge in [-0.2, -0.15) is 5.10 Å². The highest BCUT2D eigenvalue weighted by Gasteiger charge is 2.24. The predicted molar refractivity (Wildman–Crippen MR) is 169 cm³/mol. The number of nitrogens with zero attached hydrogens (tertiary/aromatic N) is 3. The zero-order chi connectivity index (χ0) is 30.7. The van der Waals surface area contributed by atoms with Crippen molar-refractivity contribution in [1.82, 2.24) is 20.1 Å². The molecule has 2 heterocycles. The van der Waals surface area contributed by atoms with Gasteiger partial charge in [-0.25, -0.2) is 9.67 Å². The number of aliphatic hydroxyl groups is 1. The van der Waals surface area contributed by atoms with E-state index in [4.69, 9.17) is 32.9 Å². The second-order valence-electron chi connectivity index (χ2n) is 10.6. The van der Waals surface area contributed by atoms with E-state index in [1.165, 1.54) is 19.3 Å². The van der Waals surface area contributed by atoms with Gasteiger partial charge in [0, 0.05) is 48.1 Å². The molecule has 2 aromatic heterocycles. The molecule has 4 aromatic rings. The lowest BCUT2D eigenvalue weighted by molar-refractivity contribution is 0.0901. The second kappa shape index (κ2) is 13.3. The number of halogens is 2. The summed E-state index contributed by atoms with van der Waals surface area (Å²) in [5.41, 5.74) is 4.24. The highest BCUT2D eigenvalue weighted by Crippen LogP contribution is 2.41. The van der Waals surface area contributed by atoms with Crippen molar-refractivity contribution >= 4 is 34.8 Å². The first-order chi connectivity index (χ1) is 20.7. The number of amides is 1. The third-order valence-electron chi connectivity index (χ3n) is 7.84. The van der Waals surface area contributed by atoms with E-state index in [0.29, 0.717) is 45.5 Å². The average molecular weight is 623 g/mol. The largest absolute Gasteiger partial charge is 0.481 e. The van der Waals surface area contributed by atoms with Crippen LogP contribution in [0.2, 0.25) is 10.0 Å². The number of hydrogen-bond donors (Lipinski definition) is 3. The molecule has 9 nitrogen and oxygen atoms in total. The van der Waals surface area contributed by atoms with Gasteiger partial charge < -0.3 is 20.5 Å². The Labute approximate surface area is 259 Å². The predicted octanol–water partition coefficient (Wildman–Crippen LogP) is 5.78. The maximum Gasteiger partial charge on any atom is 0.279 e. The molecular weight excluding hydrogens is 589 g/mol. The molecule has 5 rings (SSSR count). The molecule has 1 aliphatic rings. The SMILES string of the molecule is COc1nc(-c2cccc(-c3cccc(NC(=O)c4ccnn(C)c4=O)c3Cl)c2Cl)cc(C)c1CNC1CCCCC1O. The average Bonchev–Trinajstić information content (AvgIpc) is 2.99. The number of nitrogens with one attached hydrogen (secondary N) is 2. The minimum atomic E-state index is -0.596. The lowest BCUT2D eigenvalue weighted by atomic mass is 9.92. The van der Waals surface area contributed by atoms with E-state index in [2.05, 4.69) is 15.7 Å². The van der Waals surface area contributed by atoms with E-state index < -0.39 is 11.5 Å². The minimum Gasteiger partial charge on any atom is -0.481 e. The van der Waals surface area contributed by atoms with Gasteiger partial charge in [0.2, 0.25) is 5.88 Å². The van der Waals surface area contributed by atoms with Crippen LogP contribution >= 0.6 is 23.2 Å². The van der Waals surface area contributed by atoms with Crippen LogP contribution in [-0.4, -0.2) is 45.0 Å². The van der Waals surface area contributed by atoms with Gasteiger partial charge in [-0.15, -0.1) is 0 Å². The van der Waals surface area contributed by atoms with Crippen LogP contribution in [-0.2, 0) is 13.6 Å². The Balaban J connectivity index is 1.44. The third kappa shape index (κ3) is 6.45. The van der Waals surface area contributed by atoms with E-state index in [9.17, 15) is 14.7 Å². The first-order valence-corrected chi connectivity index (χ1v) is 14.8. The van der Waals surface area contributed by atoms with Crippen molar-refractivity contribution in [3.8, 4) is 28.3 Å². The van der Waals surface area contributed by atoms with Gasteiger partial charge >= 0.3 is 0 Å². The van der Waals surface area contributed by atoms with Crippen LogP contribution in [0.4, 0.5) is 5.69 Å². The number of hydrogen-bond acceptors (Lipinski definition) is 7. The van der Waals surface area contributed by atoms with Crippen LogP contribution in [0, 0.1) is 6.92 Å². The third-order valence-corrected chi connectivity index (χ3v) is 8.65. The Hall–Kier alpha value is -3.76. The van der Waals surface area contributed by atoms with Crippen molar-refractivity contribution in [3.63, 3.8) is 0 Å². The molecule has 0 spiro atoms. The molecule has 224 valence electrons. The summed E-state index contributed by atoms with van der Waals surface area (Å²) in [6, 6.07) is 14.2. The van der Waals surface area contributed by atoms with E-state index in [-0.39, 0.29) is 22.7 Å². The van der Waals surface area contributed by atoms with Crippen LogP contribution < -0.4 is 20.9 Å². The standard InChI is InChI=1S/C32H33Cl2N5O4/c1-18-16-26(38-31(43-3)23(18)17-35-24-11-4-5-13-27(24)40)21-10-6-8-19(28(21)33)20-9-7-12-25(29(20)34)37-30(41)22-14-15-36-39(2)32(22)42/h6-10,12,14-16,24,27,35,40H,4-5,11,13,17H2,1-3H3,(H,37,41). The molecule has 0 bridgehead atoms. The minimum absolute atomic E-state index is 0.0454. The van der Waals surface area contributed by atoms with Crippen molar-refractivity contribution in [2.24, 2.45) is 7.05 Å². The van der Waals surface area contributed by atoms with Crippen molar-refractivity contribution in [3.05, 3.63) is 91.8 Å². The van der Waals surface area contributed by atoms with Crippen LogP contribution in [0.15, 0.2) is 59.5 Å². The number of anilines is 1. The first-order valence-electron chi connectivity index (χ1n) is 14.1. The van der Waals surface area contributed by atoms with Gasteiger partial charge in [-0.05, 0) is 43.5 Å². The Morgan fingerprint density at radius 2 is 1.77 bits per heavy atom. The van der Waals surface area contributed by atoms with Crippen molar-refractivity contribution in [2.75, 3.05) is 12.4 Å². The zero-order valence-corrected chi connectivity index (χ0v) is 25.7. The summed E-state index contributed by atoms with van der Waals surface area (Å²) in [6.07, 6.45) is 4.93. The summed E-state index contributed by atoms with van der Waals surface area (Å²) in [7, 11) is 3.06. The number of carbonyl (C=O) groups excluding carboxylic acids is 1. The fourth-order valence-corrected chi connectivity index (χ4v) is 6.02. The van der Waals surface area contributed by atoms with Crippen LogP contribution in [0.3, 0.4) is 0 Å². The summed E-state index contributed by atoms with van der Waals surface area (Å²) in [4.78, 5) is 30.0. The number of aromatic nitrogens is 3. The molecule has 43 heavy (non-hydrogen) atoms. The topological polar surface area (TPSA) is 118 Å². The van der Waals surface area contributed by atoms with E-state index in [1.807, 2.05) is 37.3 Å². The number of carbonyl (C=O) groups is 1. The highest BCUT2D eigenvalue weighted by atomic mass is 35.5. The number of benzene rings is 2. The lowest BCUT2D eigenvalue weighted by Gasteiger charge is -2.29. The number of aliphatic hydroxyl groups excluding tert-OH is 1. The van der Waals surface area contributed by atoms with Gasteiger partial charge in [-0.1, -0.05) is 66.4 Å². The Kier molecular flexibility index (Phi) is 9.46. The molecule has 0 aliphatic heterocycles. The smallest absolute Gasteiger partial charge is 0.279 e. The lowest BCUT2D eigenvalue weighted by Crippen LogP contribution is -2.41. The quantitative estimate of drug-likeness (QED) is 0.228. The Morgan fingerprint density at radius 1 is 1.07 bits per heavy atom. The van der Waals surface area contributed by atoms with Gasteiger partial charge in [0.25, 0.3) is 11.5 Å². The van der Waals surface area contributed by atoms with Gasteiger partial charge in [-0.3, -0.25) is 9.59 Å².